The average Bonchev–Trinajstić information content (AvgIpc) is 2.64. The zero-order chi connectivity index (χ0) is 18.5. The first-order valence-corrected chi connectivity index (χ1v) is 9.77. The van der Waals surface area contributed by atoms with Crippen molar-refractivity contribution in [3.05, 3.63) is 48.0 Å². The summed E-state index contributed by atoms with van der Waals surface area (Å²) in [5.41, 5.74) is 6.53. The molecule has 0 aliphatic heterocycles. The SMILES string of the molecule is C[C@H]1[C@@H](NC(=S)NNC(=O)Cc2ccc3ccccc3c2)CCC[C@@H]1C. The van der Waals surface area contributed by atoms with Crippen molar-refractivity contribution in [3.8, 4) is 0 Å². The molecular formula is C21H27N3OS. The molecular weight excluding hydrogens is 342 g/mol. The molecule has 138 valence electrons. The lowest BCUT2D eigenvalue weighted by atomic mass is 9.78. The summed E-state index contributed by atoms with van der Waals surface area (Å²) in [5.74, 6) is 1.18. The van der Waals surface area contributed by atoms with E-state index in [1.807, 2.05) is 24.3 Å². The number of hydrogen-bond donors (Lipinski definition) is 3. The van der Waals surface area contributed by atoms with E-state index >= 15 is 0 Å². The van der Waals surface area contributed by atoms with E-state index in [0.717, 1.165) is 17.4 Å². The Morgan fingerprint density at radius 1 is 1.08 bits per heavy atom. The van der Waals surface area contributed by atoms with Crippen LogP contribution in [-0.2, 0) is 11.2 Å². The van der Waals surface area contributed by atoms with Gasteiger partial charge in [0.15, 0.2) is 5.11 Å². The summed E-state index contributed by atoms with van der Waals surface area (Å²) in [5, 5.41) is 6.16. The van der Waals surface area contributed by atoms with Gasteiger partial charge in [0.1, 0.15) is 0 Å². The van der Waals surface area contributed by atoms with Crippen molar-refractivity contribution in [2.45, 2.75) is 45.6 Å². The average molecular weight is 370 g/mol. The summed E-state index contributed by atoms with van der Waals surface area (Å²) < 4.78 is 0. The zero-order valence-electron chi connectivity index (χ0n) is 15.4. The fraction of sp³-hybridized carbons (Fsp3) is 0.429. The maximum atomic E-state index is 12.2. The van der Waals surface area contributed by atoms with Gasteiger partial charge < -0.3 is 5.32 Å². The maximum Gasteiger partial charge on any atom is 0.242 e. The van der Waals surface area contributed by atoms with Crippen LogP contribution in [0.3, 0.4) is 0 Å². The third kappa shape index (κ3) is 4.73. The molecule has 0 unspecified atom stereocenters. The summed E-state index contributed by atoms with van der Waals surface area (Å²) in [6.45, 7) is 4.56. The minimum absolute atomic E-state index is 0.102. The van der Waals surface area contributed by atoms with Crippen LogP contribution in [0.25, 0.3) is 10.8 Å². The van der Waals surface area contributed by atoms with Gasteiger partial charge in [-0.05, 0) is 46.8 Å². The van der Waals surface area contributed by atoms with Crippen LogP contribution in [0.5, 0.6) is 0 Å². The highest BCUT2D eigenvalue weighted by atomic mass is 32.1. The van der Waals surface area contributed by atoms with Gasteiger partial charge in [-0.3, -0.25) is 15.6 Å². The molecule has 0 heterocycles. The van der Waals surface area contributed by atoms with Crippen molar-refractivity contribution < 1.29 is 4.79 Å². The molecule has 2 aromatic rings. The Kier molecular flexibility index (Phi) is 6.09. The zero-order valence-corrected chi connectivity index (χ0v) is 16.2. The van der Waals surface area contributed by atoms with Crippen molar-refractivity contribution in [2.75, 3.05) is 0 Å². The van der Waals surface area contributed by atoms with Crippen LogP contribution in [0.1, 0.15) is 38.7 Å². The van der Waals surface area contributed by atoms with Gasteiger partial charge in [0.05, 0.1) is 6.42 Å². The largest absolute Gasteiger partial charge is 0.358 e. The molecule has 1 amide bonds. The molecule has 3 N–H and O–H groups in total. The first kappa shape index (κ1) is 18.6. The van der Waals surface area contributed by atoms with E-state index in [9.17, 15) is 4.79 Å². The van der Waals surface area contributed by atoms with E-state index in [4.69, 9.17) is 12.2 Å². The Morgan fingerprint density at radius 3 is 2.65 bits per heavy atom. The molecule has 0 spiro atoms. The van der Waals surface area contributed by atoms with Gasteiger partial charge in [0, 0.05) is 6.04 Å². The van der Waals surface area contributed by atoms with Crippen molar-refractivity contribution in [3.63, 3.8) is 0 Å². The standard InChI is InChI=1S/C21H27N3OS/c1-14-6-5-9-19(15(14)2)22-21(26)24-23-20(25)13-16-10-11-17-7-3-4-8-18(17)12-16/h3-4,7-8,10-12,14-15,19H,5-6,9,13H2,1-2H3,(H,23,25)(H2,22,24,26)/t14-,15+,19-/m0/s1. The Hall–Kier alpha value is -2.14. The van der Waals surface area contributed by atoms with Gasteiger partial charge in [0.2, 0.25) is 5.91 Å². The third-order valence-corrected chi connectivity index (χ3v) is 5.74. The smallest absolute Gasteiger partial charge is 0.242 e. The highest BCUT2D eigenvalue weighted by molar-refractivity contribution is 7.80. The molecule has 0 saturated heterocycles. The molecule has 0 radical (unpaired) electrons. The summed E-state index contributed by atoms with van der Waals surface area (Å²) in [6, 6.07) is 14.6. The second-order valence-electron chi connectivity index (χ2n) is 7.38. The monoisotopic (exact) mass is 369 g/mol. The third-order valence-electron chi connectivity index (χ3n) is 5.52. The number of nitrogens with one attached hydrogen (secondary N) is 3. The number of carbonyl (C=O) groups is 1. The van der Waals surface area contributed by atoms with Crippen LogP contribution in [0.15, 0.2) is 42.5 Å². The highest BCUT2D eigenvalue weighted by Gasteiger charge is 2.27. The number of rotatable bonds is 3. The van der Waals surface area contributed by atoms with Crippen LogP contribution in [0, 0.1) is 11.8 Å². The number of thiocarbonyl (C=S) groups is 1. The molecule has 5 heteroatoms. The van der Waals surface area contributed by atoms with Crippen LogP contribution in [-0.4, -0.2) is 17.1 Å². The first-order chi connectivity index (χ1) is 12.5. The predicted octanol–water partition coefficient (Wildman–Crippen LogP) is 3.70. The van der Waals surface area contributed by atoms with Gasteiger partial charge in [0.25, 0.3) is 0 Å². The second-order valence-corrected chi connectivity index (χ2v) is 7.79. The predicted molar refractivity (Wildman–Crippen MR) is 111 cm³/mol. The molecule has 4 nitrogen and oxygen atoms in total. The van der Waals surface area contributed by atoms with Crippen molar-refractivity contribution in [2.24, 2.45) is 11.8 Å². The van der Waals surface area contributed by atoms with Crippen LogP contribution >= 0.6 is 12.2 Å². The molecule has 2 aromatic carbocycles. The van der Waals surface area contributed by atoms with E-state index in [0.29, 0.717) is 29.4 Å². The summed E-state index contributed by atoms with van der Waals surface area (Å²) in [6.07, 6.45) is 3.94. The topological polar surface area (TPSA) is 53.2 Å². The molecule has 0 aromatic heterocycles. The number of fused-ring (bicyclic) bond motifs is 1. The molecule has 26 heavy (non-hydrogen) atoms. The van der Waals surface area contributed by atoms with E-state index in [2.05, 4.69) is 48.2 Å². The maximum absolute atomic E-state index is 12.2. The van der Waals surface area contributed by atoms with E-state index in [-0.39, 0.29) is 5.91 Å². The number of carbonyl (C=O) groups excluding carboxylic acids is 1. The van der Waals surface area contributed by atoms with Gasteiger partial charge in [-0.15, -0.1) is 0 Å². The molecule has 3 atom stereocenters. The number of benzene rings is 2. The number of hydrazine groups is 1. The lowest BCUT2D eigenvalue weighted by Crippen LogP contribution is -2.52. The minimum atomic E-state index is -0.102. The minimum Gasteiger partial charge on any atom is -0.358 e. The Labute approximate surface area is 160 Å². The first-order valence-electron chi connectivity index (χ1n) is 9.36. The van der Waals surface area contributed by atoms with Gasteiger partial charge in [-0.25, -0.2) is 0 Å². The van der Waals surface area contributed by atoms with E-state index in [1.54, 1.807) is 0 Å². The lowest BCUT2D eigenvalue weighted by Gasteiger charge is -2.35. The molecule has 3 rings (SSSR count). The summed E-state index contributed by atoms with van der Waals surface area (Å²) >= 11 is 5.34. The van der Waals surface area contributed by atoms with Gasteiger partial charge in [-0.2, -0.15) is 0 Å². The Bertz CT molecular complexity index is 792. The molecule has 1 aliphatic carbocycles. The van der Waals surface area contributed by atoms with Gasteiger partial charge in [-0.1, -0.05) is 69.2 Å². The molecule has 1 fully saturated rings. The number of amides is 1. The summed E-state index contributed by atoms with van der Waals surface area (Å²) in [4.78, 5) is 12.2. The van der Waals surface area contributed by atoms with Crippen molar-refractivity contribution in [1.29, 1.82) is 0 Å². The van der Waals surface area contributed by atoms with Crippen molar-refractivity contribution in [1.82, 2.24) is 16.2 Å². The highest BCUT2D eigenvalue weighted by Crippen LogP contribution is 2.29. The fourth-order valence-corrected chi connectivity index (χ4v) is 3.90. The van der Waals surface area contributed by atoms with Crippen LogP contribution in [0.2, 0.25) is 0 Å². The Morgan fingerprint density at radius 2 is 1.85 bits per heavy atom. The molecule has 0 bridgehead atoms. The normalized spacial score (nSPS) is 22.6. The van der Waals surface area contributed by atoms with Crippen molar-refractivity contribution >= 4 is 34.0 Å². The molecule has 1 aliphatic rings. The quantitative estimate of drug-likeness (QED) is 0.570. The summed E-state index contributed by atoms with van der Waals surface area (Å²) in [7, 11) is 0. The van der Waals surface area contributed by atoms with Crippen LogP contribution < -0.4 is 16.2 Å². The Balaban J connectivity index is 1.47. The van der Waals surface area contributed by atoms with Crippen LogP contribution in [0.4, 0.5) is 0 Å². The molecule has 1 saturated carbocycles. The number of hydrogen-bond acceptors (Lipinski definition) is 2. The second kappa shape index (κ2) is 8.49. The lowest BCUT2D eigenvalue weighted by molar-refractivity contribution is -0.121. The van der Waals surface area contributed by atoms with E-state index in [1.165, 1.54) is 18.2 Å². The van der Waals surface area contributed by atoms with Gasteiger partial charge >= 0.3 is 0 Å². The van der Waals surface area contributed by atoms with E-state index < -0.39 is 0 Å². The fourth-order valence-electron chi connectivity index (χ4n) is 3.69.